The first-order valence-electron chi connectivity index (χ1n) is 11.2. The van der Waals surface area contributed by atoms with Gasteiger partial charge in [0, 0.05) is 42.2 Å². The first kappa shape index (κ1) is 23.1. The van der Waals surface area contributed by atoms with Crippen LogP contribution in [0.4, 0.5) is 20.3 Å². The van der Waals surface area contributed by atoms with Gasteiger partial charge in [-0.3, -0.25) is 9.62 Å². The Hall–Kier alpha value is -2.63. The Labute approximate surface area is 201 Å². The molecule has 7 nitrogen and oxygen atoms in total. The zero-order valence-corrected chi connectivity index (χ0v) is 20.2. The first-order valence-corrected chi connectivity index (χ1v) is 13.6. The zero-order valence-electron chi connectivity index (χ0n) is 18.6. The van der Waals surface area contributed by atoms with E-state index in [0.29, 0.717) is 29.9 Å². The highest BCUT2D eigenvalue weighted by Gasteiger charge is 2.39. The molecule has 180 valence electrons. The monoisotopic (exact) mass is 505 g/mol. The van der Waals surface area contributed by atoms with Crippen molar-refractivity contribution in [3.05, 3.63) is 63.6 Å². The van der Waals surface area contributed by atoms with Crippen LogP contribution in [0.25, 0.3) is 0 Å². The van der Waals surface area contributed by atoms with Crippen LogP contribution >= 0.6 is 11.3 Å². The van der Waals surface area contributed by atoms with Gasteiger partial charge in [0.2, 0.25) is 5.03 Å². The number of nitrogens with one attached hydrogen (secondary N) is 2. The number of hydrogen-bond donors (Lipinski definition) is 2. The van der Waals surface area contributed by atoms with Gasteiger partial charge in [-0.25, -0.2) is 18.7 Å². The summed E-state index contributed by atoms with van der Waals surface area (Å²) in [5.74, 6) is -1.22. The van der Waals surface area contributed by atoms with Gasteiger partial charge in [0.15, 0.2) is 11.6 Å². The second kappa shape index (κ2) is 9.20. The molecule has 0 aliphatic carbocycles. The maximum atomic E-state index is 14.8. The summed E-state index contributed by atoms with van der Waals surface area (Å²) < 4.78 is 56.9. The summed E-state index contributed by atoms with van der Waals surface area (Å²) in [5.41, 5.74) is 3.49. The molecule has 0 spiro atoms. The van der Waals surface area contributed by atoms with Crippen molar-refractivity contribution >= 4 is 32.9 Å². The Morgan fingerprint density at radius 2 is 1.88 bits per heavy atom. The molecule has 0 unspecified atom stereocenters. The molecule has 34 heavy (non-hydrogen) atoms. The maximum absolute atomic E-state index is 14.8. The third-order valence-electron chi connectivity index (χ3n) is 6.69. The van der Waals surface area contributed by atoms with E-state index in [2.05, 4.69) is 24.9 Å². The van der Waals surface area contributed by atoms with Crippen molar-refractivity contribution < 1.29 is 17.2 Å². The van der Waals surface area contributed by atoms with E-state index in [9.17, 15) is 17.2 Å². The van der Waals surface area contributed by atoms with Crippen molar-refractivity contribution in [3.8, 4) is 0 Å². The van der Waals surface area contributed by atoms with Crippen LogP contribution in [0.1, 0.15) is 42.5 Å². The molecule has 2 N–H and O–H groups in total. The van der Waals surface area contributed by atoms with Gasteiger partial charge < -0.3 is 5.32 Å². The van der Waals surface area contributed by atoms with Crippen molar-refractivity contribution in [3.63, 3.8) is 0 Å². The van der Waals surface area contributed by atoms with Gasteiger partial charge in [0.05, 0.1) is 16.9 Å². The quantitative estimate of drug-likeness (QED) is 0.463. The zero-order chi connectivity index (χ0) is 23.9. The minimum Gasteiger partial charge on any atom is -0.379 e. The van der Waals surface area contributed by atoms with Gasteiger partial charge in [0.1, 0.15) is 5.82 Å². The van der Waals surface area contributed by atoms with E-state index < -0.39 is 20.9 Å². The van der Waals surface area contributed by atoms with E-state index in [4.69, 9.17) is 0 Å². The second-order valence-corrected chi connectivity index (χ2v) is 11.1. The van der Waals surface area contributed by atoms with Crippen LogP contribution in [0.5, 0.6) is 0 Å². The first-order chi connectivity index (χ1) is 16.3. The Balaban J connectivity index is 1.34. The molecule has 2 aliphatic heterocycles. The molecule has 2 aromatic heterocycles. The lowest BCUT2D eigenvalue weighted by Crippen LogP contribution is -2.28. The van der Waals surface area contributed by atoms with E-state index in [0.717, 1.165) is 11.6 Å². The van der Waals surface area contributed by atoms with Gasteiger partial charge >= 0.3 is 0 Å². The number of anilines is 2. The number of aryl methyl sites for hydroxylation is 1. The number of fused-ring (bicyclic) bond motifs is 2. The molecule has 5 rings (SSSR count). The lowest BCUT2D eigenvalue weighted by Gasteiger charge is -2.23. The number of aromatic nitrogens is 2. The summed E-state index contributed by atoms with van der Waals surface area (Å²) in [5, 5.41) is 3.84. The van der Waals surface area contributed by atoms with Crippen LogP contribution < -0.4 is 10.0 Å². The minimum absolute atomic E-state index is 0.101. The largest absolute Gasteiger partial charge is 0.379 e. The standard InChI is InChI=1S/C23H25F2N5O2S2/c1-14-21(9-20(25)23(28-14)34(31,32)29-22-12-33-13-27-22)26-10-18-15(3-2-4-19(18)24)11-30-16-5-6-17(30)8-7-16/h2-4,9,12-13,16-17,26,29H,5-8,10-11H2,1H3/t16-,17+. The van der Waals surface area contributed by atoms with E-state index in [1.54, 1.807) is 13.0 Å². The fourth-order valence-electron chi connectivity index (χ4n) is 4.98. The van der Waals surface area contributed by atoms with Crippen molar-refractivity contribution in [1.29, 1.82) is 0 Å². The lowest BCUT2D eigenvalue weighted by atomic mass is 10.0. The van der Waals surface area contributed by atoms with E-state index in [1.807, 2.05) is 6.07 Å². The van der Waals surface area contributed by atoms with Gasteiger partial charge in [0.25, 0.3) is 10.0 Å². The molecule has 0 amide bonds. The molecule has 2 bridgehead atoms. The molecule has 2 fully saturated rings. The van der Waals surface area contributed by atoms with Gasteiger partial charge in [-0.2, -0.15) is 8.42 Å². The third kappa shape index (κ3) is 4.51. The van der Waals surface area contributed by atoms with Crippen LogP contribution in [0.15, 0.2) is 40.2 Å². The van der Waals surface area contributed by atoms with Gasteiger partial charge in [-0.1, -0.05) is 12.1 Å². The molecule has 4 heterocycles. The van der Waals surface area contributed by atoms with Crippen LogP contribution in [-0.2, 0) is 23.1 Å². The second-order valence-electron chi connectivity index (χ2n) is 8.75. The molecule has 0 atom stereocenters. The number of pyridine rings is 1. The number of halogens is 2. The molecule has 3 aromatic rings. The summed E-state index contributed by atoms with van der Waals surface area (Å²) >= 11 is 1.21. The maximum Gasteiger partial charge on any atom is 0.283 e. The van der Waals surface area contributed by atoms with Crippen molar-refractivity contribution in [2.24, 2.45) is 0 Å². The fourth-order valence-corrected chi connectivity index (χ4v) is 6.60. The molecule has 0 radical (unpaired) electrons. The summed E-state index contributed by atoms with van der Waals surface area (Å²) in [7, 11) is -4.24. The number of sulfonamides is 1. The van der Waals surface area contributed by atoms with E-state index in [-0.39, 0.29) is 23.9 Å². The highest BCUT2D eigenvalue weighted by atomic mass is 32.2. The topological polar surface area (TPSA) is 87.2 Å². The molecule has 0 saturated carbocycles. The minimum atomic E-state index is -4.24. The molecular formula is C23H25F2N5O2S2. The van der Waals surface area contributed by atoms with Crippen LogP contribution in [0.3, 0.4) is 0 Å². The van der Waals surface area contributed by atoms with Gasteiger partial charge in [-0.15, -0.1) is 11.3 Å². The highest BCUT2D eigenvalue weighted by molar-refractivity contribution is 7.92. The number of benzene rings is 1. The SMILES string of the molecule is Cc1nc(S(=O)(=O)Nc2cscn2)c(F)cc1NCc1c(F)cccc1CN1[C@H]2CC[C@@H]1CC2. The molecular weight excluding hydrogens is 480 g/mol. The van der Waals surface area contributed by atoms with Crippen LogP contribution in [0.2, 0.25) is 0 Å². The predicted molar refractivity (Wildman–Crippen MR) is 127 cm³/mol. The normalized spacial score (nSPS) is 20.1. The highest BCUT2D eigenvalue weighted by Crippen LogP contribution is 2.39. The van der Waals surface area contributed by atoms with Crippen LogP contribution in [0, 0.1) is 18.6 Å². The average Bonchev–Trinajstić information content (AvgIpc) is 3.53. The summed E-state index contributed by atoms with van der Waals surface area (Å²) in [6, 6.07) is 7.30. The smallest absolute Gasteiger partial charge is 0.283 e. The Morgan fingerprint density at radius 3 is 2.56 bits per heavy atom. The summed E-state index contributed by atoms with van der Waals surface area (Å²) in [6.45, 7) is 2.40. The summed E-state index contributed by atoms with van der Waals surface area (Å²) in [6.07, 6.45) is 4.79. The fraction of sp³-hybridized carbons (Fsp3) is 0.391. The molecule has 2 saturated heterocycles. The molecule has 2 aliphatic rings. The van der Waals surface area contributed by atoms with Crippen LogP contribution in [-0.4, -0.2) is 35.4 Å². The van der Waals surface area contributed by atoms with E-state index >= 15 is 0 Å². The number of thiazole rings is 1. The Bertz CT molecular complexity index is 1280. The molecule has 1 aromatic carbocycles. The number of hydrogen-bond acceptors (Lipinski definition) is 7. The van der Waals surface area contributed by atoms with E-state index in [1.165, 1.54) is 54.0 Å². The number of rotatable bonds is 8. The Kier molecular flexibility index (Phi) is 6.26. The van der Waals surface area contributed by atoms with Crippen molar-refractivity contribution in [2.75, 3.05) is 10.0 Å². The predicted octanol–water partition coefficient (Wildman–Crippen LogP) is 4.66. The number of nitrogens with zero attached hydrogens (tertiary/aromatic N) is 3. The average molecular weight is 506 g/mol. The molecule has 11 heteroatoms. The third-order valence-corrected chi connectivity index (χ3v) is 8.55. The van der Waals surface area contributed by atoms with Crippen molar-refractivity contribution in [2.45, 2.75) is 62.8 Å². The lowest BCUT2D eigenvalue weighted by molar-refractivity contribution is 0.243. The Morgan fingerprint density at radius 1 is 1.15 bits per heavy atom. The summed E-state index contributed by atoms with van der Waals surface area (Å²) in [4.78, 5) is 10.3. The van der Waals surface area contributed by atoms with Gasteiger partial charge in [-0.05, 0) is 44.2 Å². The van der Waals surface area contributed by atoms with Crippen molar-refractivity contribution in [1.82, 2.24) is 14.9 Å².